The molecule has 0 radical (unpaired) electrons. The molecule has 0 saturated carbocycles. The quantitative estimate of drug-likeness (QED) is 0.606. The molecule has 5 nitrogen and oxygen atoms in total. The fraction of sp³-hybridized carbons (Fsp3) is 0.400. The van der Waals surface area contributed by atoms with Crippen molar-refractivity contribution in [3.05, 3.63) is 35.9 Å². The Morgan fingerprint density at radius 1 is 1.10 bits per heavy atom. The number of ketones is 1. The monoisotopic (exact) mass is 268 g/mol. The summed E-state index contributed by atoms with van der Waals surface area (Å²) in [6, 6.07) is 12.7. The van der Waals surface area contributed by atoms with E-state index in [9.17, 15) is 10.1 Å². The van der Waals surface area contributed by atoms with Crippen molar-refractivity contribution in [1.82, 2.24) is 0 Å². The van der Waals surface area contributed by atoms with E-state index in [4.69, 9.17) is 5.26 Å². The van der Waals surface area contributed by atoms with Crippen LogP contribution in [0.2, 0.25) is 0 Å². The molecule has 0 amide bonds. The molecule has 1 aromatic rings. The van der Waals surface area contributed by atoms with Gasteiger partial charge in [-0.2, -0.15) is 20.8 Å². The highest BCUT2D eigenvalue weighted by Crippen LogP contribution is 2.21. The van der Waals surface area contributed by atoms with Gasteiger partial charge in [0.25, 0.3) is 0 Å². The van der Waals surface area contributed by atoms with Crippen molar-refractivity contribution in [3.8, 4) is 12.1 Å². The molecule has 1 atom stereocenters. The molecule has 0 saturated heterocycles. The molecule has 1 unspecified atom stereocenters. The second-order valence-corrected chi connectivity index (χ2v) is 5.22. The standard InChI is InChI=1S/C15H16N4O/c1-14(2,10-16)18-19-15(3,11-17)9-13(20)12-7-5-4-6-8-12/h4-8H,9H2,1-3H3. The molecule has 0 heterocycles. The van der Waals surface area contributed by atoms with Gasteiger partial charge in [0.15, 0.2) is 16.9 Å². The zero-order valence-corrected chi connectivity index (χ0v) is 11.8. The van der Waals surface area contributed by atoms with Gasteiger partial charge in [-0.15, -0.1) is 0 Å². The van der Waals surface area contributed by atoms with Crippen LogP contribution in [0.3, 0.4) is 0 Å². The zero-order chi connectivity index (χ0) is 15.2. The molecule has 0 bridgehead atoms. The topological polar surface area (TPSA) is 89.4 Å². The molecule has 102 valence electrons. The van der Waals surface area contributed by atoms with Crippen LogP contribution in [0.25, 0.3) is 0 Å². The van der Waals surface area contributed by atoms with E-state index in [0.717, 1.165) is 0 Å². The average Bonchev–Trinajstić information content (AvgIpc) is 2.46. The van der Waals surface area contributed by atoms with Crippen LogP contribution in [-0.2, 0) is 0 Å². The summed E-state index contributed by atoms with van der Waals surface area (Å²) < 4.78 is 0. The molecule has 20 heavy (non-hydrogen) atoms. The van der Waals surface area contributed by atoms with E-state index in [0.29, 0.717) is 5.56 Å². The number of hydrogen-bond acceptors (Lipinski definition) is 5. The van der Waals surface area contributed by atoms with Crippen molar-refractivity contribution >= 4 is 5.78 Å². The van der Waals surface area contributed by atoms with Gasteiger partial charge in [0.1, 0.15) is 0 Å². The lowest BCUT2D eigenvalue weighted by atomic mass is 9.94. The Morgan fingerprint density at radius 2 is 1.70 bits per heavy atom. The average molecular weight is 268 g/mol. The Morgan fingerprint density at radius 3 is 2.20 bits per heavy atom. The van der Waals surface area contributed by atoms with E-state index in [1.807, 2.05) is 18.2 Å². The van der Waals surface area contributed by atoms with Crippen molar-refractivity contribution in [3.63, 3.8) is 0 Å². The number of Topliss-reactive ketones (excluding diaryl/α,β-unsaturated/α-hetero) is 1. The van der Waals surface area contributed by atoms with Crippen molar-refractivity contribution < 1.29 is 4.79 Å². The second kappa shape index (κ2) is 6.08. The first-order valence-electron chi connectivity index (χ1n) is 6.17. The molecule has 0 aliphatic rings. The van der Waals surface area contributed by atoms with Gasteiger partial charge < -0.3 is 0 Å². The summed E-state index contributed by atoms with van der Waals surface area (Å²) >= 11 is 0. The lowest BCUT2D eigenvalue weighted by Gasteiger charge is -2.16. The fourth-order valence-corrected chi connectivity index (χ4v) is 1.39. The minimum atomic E-state index is -1.26. The number of carbonyl (C=O) groups is 1. The number of nitriles is 2. The van der Waals surface area contributed by atoms with Gasteiger partial charge in [0.2, 0.25) is 0 Å². The molecule has 1 aromatic carbocycles. The highest BCUT2D eigenvalue weighted by molar-refractivity contribution is 5.97. The van der Waals surface area contributed by atoms with Gasteiger partial charge in [-0.3, -0.25) is 4.79 Å². The Labute approximate surface area is 118 Å². The molecule has 0 N–H and O–H groups in total. The van der Waals surface area contributed by atoms with Gasteiger partial charge in [-0.05, 0) is 20.8 Å². The predicted octanol–water partition coefficient (Wildman–Crippen LogP) is 3.30. The summed E-state index contributed by atoms with van der Waals surface area (Å²) in [6.45, 7) is 4.71. The van der Waals surface area contributed by atoms with Crippen LogP contribution < -0.4 is 0 Å². The van der Waals surface area contributed by atoms with Crippen molar-refractivity contribution in [2.45, 2.75) is 38.3 Å². The van der Waals surface area contributed by atoms with E-state index in [1.165, 1.54) is 6.92 Å². The minimum absolute atomic E-state index is 0.0709. The van der Waals surface area contributed by atoms with Gasteiger partial charge in [-0.1, -0.05) is 30.3 Å². The van der Waals surface area contributed by atoms with Crippen LogP contribution in [0.4, 0.5) is 0 Å². The molecule has 0 aliphatic heterocycles. The molecular formula is C15H16N4O. The van der Waals surface area contributed by atoms with Crippen LogP contribution >= 0.6 is 0 Å². The van der Waals surface area contributed by atoms with Gasteiger partial charge in [-0.25, -0.2) is 0 Å². The molecule has 0 aliphatic carbocycles. The maximum Gasteiger partial charge on any atom is 0.171 e. The summed E-state index contributed by atoms with van der Waals surface area (Å²) in [4.78, 5) is 12.1. The molecule has 5 heteroatoms. The molecule has 0 spiro atoms. The van der Waals surface area contributed by atoms with E-state index in [1.54, 1.807) is 38.1 Å². The third kappa shape index (κ3) is 4.29. The van der Waals surface area contributed by atoms with Crippen molar-refractivity contribution in [1.29, 1.82) is 10.5 Å². The maximum absolute atomic E-state index is 12.1. The molecule has 1 rings (SSSR count). The van der Waals surface area contributed by atoms with Crippen LogP contribution in [0, 0.1) is 22.7 Å². The number of nitrogens with zero attached hydrogens (tertiary/aromatic N) is 4. The normalized spacial score (nSPS) is 14.2. The van der Waals surface area contributed by atoms with Crippen LogP contribution in [0.1, 0.15) is 37.6 Å². The van der Waals surface area contributed by atoms with Gasteiger partial charge >= 0.3 is 0 Å². The Hall–Kier alpha value is -2.53. The maximum atomic E-state index is 12.1. The van der Waals surface area contributed by atoms with E-state index in [-0.39, 0.29) is 12.2 Å². The molecule has 0 fully saturated rings. The lowest BCUT2D eigenvalue weighted by Crippen LogP contribution is -2.25. The van der Waals surface area contributed by atoms with E-state index >= 15 is 0 Å². The Kier molecular flexibility index (Phi) is 4.72. The van der Waals surface area contributed by atoms with Gasteiger partial charge in [0.05, 0.1) is 18.6 Å². The number of rotatable bonds is 5. The number of hydrogen-bond donors (Lipinski definition) is 0. The third-order valence-electron chi connectivity index (χ3n) is 2.64. The smallest absolute Gasteiger partial charge is 0.171 e. The highest BCUT2D eigenvalue weighted by Gasteiger charge is 2.29. The number of azo groups is 1. The third-order valence-corrected chi connectivity index (χ3v) is 2.64. The first kappa shape index (κ1) is 15.5. The minimum Gasteiger partial charge on any atom is -0.294 e. The van der Waals surface area contributed by atoms with Crippen LogP contribution in [-0.4, -0.2) is 16.9 Å². The van der Waals surface area contributed by atoms with E-state index < -0.39 is 11.1 Å². The number of carbonyl (C=O) groups excluding carboxylic acids is 1. The lowest BCUT2D eigenvalue weighted by molar-refractivity contribution is 0.0965. The van der Waals surface area contributed by atoms with Gasteiger partial charge in [0, 0.05) is 5.56 Å². The first-order valence-corrected chi connectivity index (χ1v) is 6.17. The summed E-state index contributed by atoms with van der Waals surface area (Å²) in [5.41, 5.74) is -1.74. The van der Waals surface area contributed by atoms with Crippen molar-refractivity contribution in [2.75, 3.05) is 0 Å². The zero-order valence-electron chi connectivity index (χ0n) is 11.8. The Balaban J connectivity index is 2.90. The fourth-order valence-electron chi connectivity index (χ4n) is 1.39. The van der Waals surface area contributed by atoms with E-state index in [2.05, 4.69) is 10.2 Å². The molecular weight excluding hydrogens is 252 g/mol. The van der Waals surface area contributed by atoms with Crippen molar-refractivity contribution in [2.24, 2.45) is 10.2 Å². The second-order valence-electron chi connectivity index (χ2n) is 5.22. The largest absolute Gasteiger partial charge is 0.294 e. The highest BCUT2D eigenvalue weighted by atomic mass is 16.1. The summed E-state index contributed by atoms with van der Waals surface area (Å²) in [6.07, 6.45) is -0.0709. The summed E-state index contributed by atoms with van der Waals surface area (Å²) in [5.74, 6) is -0.177. The summed E-state index contributed by atoms with van der Waals surface area (Å²) in [7, 11) is 0. The van der Waals surface area contributed by atoms with Crippen LogP contribution in [0.15, 0.2) is 40.6 Å². The predicted molar refractivity (Wildman–Crippen MR) is 74.0 cm³/mol. The summed E-state index contributed by atoms with van der Waals surface area (Å²) in [5, 5.41) is 25.8. The Bertz CT molecular complexity index is 593. The number of benzene rings is 1. The van der Waals surface area contributed by atoms with Crippen LogP contribution in [0.5, 0.6) is 0 Å². The first-order chi connectivity index (χ1) is 9.32. The molecule has 0 aromatic heterocycles. The SMILES string of the molecule is CC(C)(C#N)N=NC(C)(C#N)CC(=O)c1ccccc1.